The fourth-order valence-electron chi connectivity index (χ4n) is 2.43. The fraction of sp³-hybridized carbons (Fsp3) is 0.467. The van der Waals surface area contributed by atoms with Crippen molar-refractivity contribution in [2.45, 2.75) is 19.3 Å². The van der Waals surface area contributed by atoms with E-state index in [1.807, 2.05) is 24.3 Å². The lowest BCUT2D eigenvalue weighted by atomic mass is 9.78. The lowest BCUT2D eigenvalue weighted by Gasteiger charge is -2.27. The fourth-order valence-corrected chi connectivity index (χ4v) is 3.20. The van der Waals surface area contributed by atoms with Crippen LogP contribution in [0.25, 0.3) is 0 Å². The topological polar surface area (TPSA) is 97.7 Å². The summed E-state index contributed by atoms with van der Waals surface area (Å²) in [6, 6.07) is 5.75. The molecule has 0 fully saturated rings. The van der Waals surface area contributed by atoms with Crippen LogP contribution in [0.4, 0.5) is 0 Å². The number of thioether (sulfide) groups is 1. The van der Waals surface area contributed by atoms with Crippen molar-refractivity contribution in [3.63, 3.8) is 0 Å². The molecule has 2 atom stereocenters. The number of rotatable bonds is 4. The van der Waals surface area contributed by atoms with Crippen molar-refractivity contribution in [2.24, 2.45) is 11.8 Å². The maximum absolute atomic E-state index is 11.8. The van der Waals surface area contributed by atoms with Crippen LogP contribution in [-0.2, 0) is 9.53 Å². The van der Waals surface area contributed by atoms with E-state index in [0.717, 1.165) is 18.4 Å². The van der Waals surface area contributed by atoms with Crippen LogP contribution in [0.2, 0.25) is 0 Å². The van der Waals surface area contributed by atoms with Gasteiger partial charge in [-0.2, -0.15) is 15.8 Å². The van der Waals surface area contributed by atoms with Gasteiger partial charge in [0, 0.05) is 10.8 Å². The van der Waals surface area contributed by atoms with Gasteiger partial charge in [-0.05, 0) is 31.1 Å². The molecule has 0 aromatic heterocycles. The number of nitriles is 3. The highest BCUT2D eigenvalue weighted by molar-refractivity contribution is 8.02. The molecule has 0 saturated carbocycles. The summed E-state index contributed by atoms with van der Waals surface area (Å²) < 4.78 is 4.69. The number of nitrogens with zero attached hydrogens (tertiary/aromatic N) is 3. The number of hydrogen-bond acceptors (Lipinski definition) is 6. The number of hydrogen-bond donors (Lipinski definition) is 0. The predicted octanol–water partition coefficient (Wildman–Crippen LogP) is 2.69. The third-order valence-electron chi connectivity index (χ3n) is 3.40. The van der Waals surface area contributed by atoms with Gasteiger partial charge in [0.15, 0.2) is 5.92 Å². The molecule has 0 bridgehead atoms. The van der Waals surface area contributed by atoms with Crippen LogP contribution in [0.1, 0.15) is 19.3 Å². The quantitative estimate of drug-likeness (QED) is 0.585. The van der Waals surface area contributed by atoms with E-state index in [9.17, 15) is 10.1 Å². The summed E-state index contributed by atoms with van der Waals surface area (Å²) in [7, 11) is 1.25. The number of ether oxygens (including phenoxy) is 1. The molecule has 0 saturated heterocycles. The number of allylic oxidation sites excluding steroid dienone is 3. The van der Waals surface area contributed by atoms with E-state index >= 15 is 0 Å². The minimum Gasteiger partial charge on any atom is -0.468 e. The molecule has 108 valence electrons. The van der Waals surface area contributed by atoms with Gasteiger partial charge in [0.25, 0.3) is 0 Å². The van der Waals surface area contributed by atoms with Crippen molar-refractivity contribution in [3.8, 4) is 18.2 Å². The van der Waals surface area contributed by atoms with E-state index in [1.165, 1.54) is 18.9 Å². The van der Waals surface area contributed by atoms with Gasteiger partial charge in [0.2, 0.25) is 0 Å². The number of esters is 1. The second kappa shape index (κ2) is 8.15. The Morgan fingerprint density at radius 3 is 2.57 bits per heavy atom. The molecular formula is C15H15N3O2S. The van der Waals surface area contributed by atoms with E-state index in [4.69, 9.17) is 10.5 Å². The zero-order valence-electron chi connectivity index (χ0n) is 11.9. The first-order valence-corrected chi connectivity index (χ1v) is 7.63. The van der Waals surface area contributed by atoms with Crippen molar-refractivity contribution in [2.75, 3.05) is 13.4 Å². The SMILES string of the molecule is COC(=O)C(C#N)C1CCCC=C1C(SC)=C(C#N)C#N. The Kier molecular flexibility index (Phi) is 6.53. The molecule has 21 heavy (non-hydrogen) atoms. The largest absolute Gasteiger partial charge is 0.468 e. The predicted molar refractivity (Wildman–Crippen MR) is 78.3 cm³/mol. The van der Waals surface area contributed by atoms with E-state index in [-0.39, 0.29) is 11.5 Å². The van der Waals surface area contributed by atoms with Crippen molar-refractivity contribution < 1.29 is 9.53 Å². The monoisotopic (exact) mass is 301 g/mol. The Morgan fingerprint density at radius 1 is 1.43 bits per heavy atom. The molecule has 0 amide bonds. The summed E-state index contributed by atoms with van der Waals surface area (Å²) in [4.78, 5) is 12.3. The first kappa shape index (κ1) is 16.8. The van der Waals surface area contributed by atoms with Crippen LogP contribution in [0.15, 0.2) is 22.1 Å². The Bertz CT molecular complexity index is 586. The molecule has 2 unspecified atom stereocenters. The highest BCUT2D eigenvalue weighted by atomic mass is 32.2. The van der Waals surface area contributed by atoms with Gasteiger partial charge in [0.05, 0.1) is 13.2 Å². The second-order valence-corrected chi connectivity index (χ2v) is 5.28. The molecule has 0 aliphatic heterocycles. The Balaban J connectivity index is 3.32. The first-order chi connectivity index (χ1) is 10.1. The number of carbonyl (C=O) groups is 1. The third kappa shape index (κ3) is 3.66. The van der Waals surface area contributed by atoms with Gasteiger partial charge >= 0.3 is 5.97 Å². The molecule has 1 aliphatic rings. The van der Waals surface area contributed by atoms with Gasteiger partial charge in [-0.1, -0.05) is 6.08 Å². The highest BCUT2D eigenvalue weighted by Crippen LogP contribution is 2.40. The standard InChI is InChI=1S/C15H15N3O2S/c1-20-15(19)13(9-18)11-5-3-4-6-12(11)14(21-2)10(7-16)8-17/h6,11,13H,3-5H2,1-2H3. The molecule has 0 heterocycles. The van der Waals surface area contributed by atoms with Crippen molar-refractivity contribution in [1.82, 2.24) is 0 Å². The summed E-state index contributed by atoms with van der Waals surface area (Å²) >= 11 is 1.29. The first-order valence-electron chi connectivity index (χ1n) is 6.40. The summed E-state index contributed by atoms with van der Waals surface area (Å²) in [5.41, 5.74) is 0.756. The van der Waals surface area contributed by atoms with Gasteiger partial charge < -0.3 is 4.74 Å². The van der Waals surface area contributed by atoms with E-state index in [1.54, 1.807) is 6.26 Å². The minimum atomic E-state index is -0.915. The smallest absolute Gasteiger partial charge is 0.323 e. The summed E-state index contributed by atoms with van der Waals surface area (Å²) in [6.07, 6.45) is 6.02. The molecule has 1 aliphatic carbocycles. The summed E-state index contributed by atoms with van der Waals surface area (Å²) in [6.45, 7) is 0. The molecule has 0 aromatic rings. The lowest BCUT2D eigenvalue weighted by Crippen LogP contribution is -2.27. The van der Waals surface area contributed by atoms with Crippen molar-refractivity contribution >= 4 is 17.7 Å². The molecule has 0 spiro atoms. The van der Waals surface area contributed by atoms with E-state index in [2.05, 4.69) is 4.74 Å². The van der Waals surface area contributed by atoms with Crippen LogP contribution in [0.3, 0.4) is 0 Å². The molecule has 1 rings (SSSR count). The summed E-state index contributed by atoms with van der Waals surface area (Å²) in [5, 5.41) is 27.4. The second-order valence-electron chi connectivity index (χ2n) is 4.46. The molecule has 0 aromatic carbocycles. The number of carbonyl (C=O) groups excluding carboxylic acids is 1. The third-order valence-corrected chi connectivity index (χ3v) is 4.24. The maximum atomic E-state index is 11.8. The van der Waals surface area contributed by atoms with Gasteiger partial charge in [-0.25, -0.2) is 0 Å². The van der Waals surface area contributed by atoms with Gasteiger partial charge in [-0.15, -0.1) is 11.8 Å². The Hall–Kier alpha value is -2.23. The van der Waals surface area contributed by atoms with Crippen LogP contribution >= 0.6 is 11.8 Å². The zero-order chi connectivity index (χ0) is 15.8. The van der Waals surface area contributed by atoms with Gasteiger partial charge in [-0.3, -0.25) is 4.79 Å². The highest BCUT2D eigenvalue weighted by Gasteiger charge is 2.35. The average molecular weight is 301 g/mol. The molecule has 5 nitrogen and oxygen atoms in total. The normalized spacial score (nSPS) is 18.2. The summed E-state index contributed by atoms with van der Waals surface area (Å²) in [5.74, 6) is -1.83. The van der Waals surface area contributed by atoms with Crippen molar-refractivity contribution in [1.29, 1.82) is 15.8 Å². The molecule has 0 N–H and O–H groups in total. The maximum Gasteiger partial charge on any atom is 0.323 e. The molecule has 0 radical (unpaired) electrons. The van der Waals surface area contributed by atoms with Crippen LogP contribution in [0, 0.1) is 45.8 Å². The Morgan fingerprint density at radius 2 is 2.10 bits per heavy atom. The van der Waals surface area contributed by atoms with Crippen molar-refractivity contribution in [3.05, 3.63) is 22.1 Å². The van der Waals surface area contributed by atoms with E-state index in [0.29, 0.717) is 11.3 Å². The molecular weight excluding hydrogens is 286 g/mol. The van der Waals surface area contributed by atoms with Crippen LogP contribution < -0.4 is 0 Å². The minimum absolute atomic E-state index is 0.0159. The van der Waals surface area contributed by atoms with Gasteiger partial charge in [0.1, 0.15) is 17.7 Å². The number of methoxy groups -OCH3 is 1. The zero-order valence-corrected chi connectivity index (χ0v) is 12.7. The average Bonchev–Trinajstić information content (AvgIpc) is 2.53. The van der Waals surface area contributed by atoms with E-state index < -0.39 is 11.9 Å². The van der Waals surface area contributed by atoms with Crippen LogP contribution in [-0.4, -0.2) is 19.3 Å². The van der Waals surface area contributed by atoms with Crippen LogP contribution in [0.5, 0.6) is 0 Å². The lowest BCUT2D eigenvalue weighted by molar-refractivity contribution is -0.144. The Labute approximate surface area is 128 Å². The molecule has 6 heteroatoms.